The van der Waals surface area contributed by atoms with E-state index >= 15 is 0 Å². The van der Waals surface area contributed by atoms with Gasteiger partial charge < -0.3 is 15.1 Å². The highest BCUT2D eigenvalue weighted by Gasteiger charge is 2.13. The molecule has 31 heavy (non-hydrogen) atoms. The molecule has 0 fully saturated rings. The summed E-state index contributed by atoms with van der Waals surface area (Å²) < 4.78 is 5.28. The van der Waals surface area contributed by atoms with E-state index in [0.717, 1.165) is 22.2 Å². The Morgan fingerprint density at radius 3 is 2.74 bits per heavy atom. The number of furan rings is 1. The van der Waals surface area contributed by atoms with Crippen LogP contribution in [0.1, 0.15) is 21.7 Å². The number of hydrogen-bond acceptors (Lipinski definition) is 6. The molecular weight excluding hydrogens is 430 g/mol. The van der Waals surface area contributed by atoms with Gasteiger partial charge in [0.25, 0.3) is 5.91 Å². The number of carbonyl (C=O) groups is 2. The van der Waals surface area contributed by atoms with Crippen molar-refractivity contribution in [3.05, 3.63) is 83.8 Å². The molecule has 2 N–H and O–H groups in total. The molecule has 0 atom stereocenters. The number of nitriles is 1. The van der Waals surface area contributed by atoms with Crippen LogP contribution in [0.5, 0.6) is 0 Å². The lowest BCUT2D eigenvalue weighted by Crippen LogP contribution is -2.26. The molecule has 0 spiro atoms. The zero-order chi connectivity index (χ0) is 21.9. The number of rotatable bonds is 10. The molecule has 0 aliphatic heterocycles. The Kier molecular flexibility index (Phi) is 8.64. The zero-order valence-corrected chi connectivity index (χ0v) is 18.3. The first-order valence-corrected chi connectivity index (χ1v) is 11.7. The number of nitrogens with one attached hydrogen (secondary N) is 2. The summed E-state index contributed by atoms with van der Waals surface area (Å²) in [4.78, 5) is 25.6. The summed E-state index contributed by atoms with van der Waals surface area (Å²) >= 11 is 2.98. The number of thioether (sulfide) groups is 2. The predicted octanol–water partition coefficient (Wildman–Crippen LogP) is 4.55. The summed E-state index contributed by atoms with van der Waals surface area (Å²) in [5.74, 6) is 2.23. The Balaban J connectivity index is 1.46. The molecule has 0 bridgehead atoms. The van der Waals surface area contributed by atoms with E-state index in [1.807, 2.05) is 30.3 Å². The summed E-state index contributed by atoms with van der Waals surface area (Å²) in [6, 6.07) is 19.8. The summed E-state index contributed by atoms with van der Waals surface area (Å²) in [5, 5.41) is 14.7. The molecule has 1 aromatic heterocycles. The summed E-state index contributed by atoms with van der Waals surface area (Å²) in [7, 11) is 0. The van der Waals surface area contributed by atoms with Crippen LogP contribution in [0.4, 0.5) is 5.69 Å². The molecule has 2 aromatic carbocycles. The second-order valence-corrected chi connectivity index (χ2v) is 8.54. The average molecular weight is 452 g/mol. The summed E-state index contributed by atoms with van der Waals surface area (Å²) in [6.45, 7) is 0.541. The molecule has 2 amide bonds. The minimum absolute atomic E-state index is 0.153. The second kappa shape index (κ2) is 11.9. The molecule has 0 radical (unpaired) electrons. The third kappa shape index (κ3) is 7.24. The van der Waals surface area contributed by atoms with Crippen LogP contribution < -0.4 is 10.6 Å². The minimum atomic E-state index is -0.204. The Bertz CT molecular complexity index is 1060. The molecule has 3 aromatic rings. The van der Waals surface area contributed by atoms with E-state index in [9.17, 15) is 9.59 Å². The molecule has 1 heterocycles. The van der Waals surface area contributed by atoms with E-state index in [2.05, 4.69) is 10.6 Å². The number of benzene rings is 2. The van der Waals surface area contributed by atoms with Gasteiger partial charge in [0.2, 0.25) is 5.91 Å². The molecule has 6 nitrogen and oxygen atoms in total. The van der Waals surface area contributed by atoms with E-state index in [1.54, 1.807) is 54.4 Å². The van der Waals surface area contributed by atoms with Crippen LogP contribution in [0.25, 0.3) is 0 Å². The van der Waals surface area contributed by atoms with Crippen LogP contribution in [0.2, 0.25) is 0 Å². The summed E-state index contributed by atoms with van der Waals surface area (Å²) in [5.41, 5.74) is 1.60. The zero-order valence-electron chi connectivity index (χ0n) is 16.7. The Labute approximate surface area is 189 Å². The van der Waals surface area contributed by atoms with Crippen molar-refractivity contribution in [2.24, 2.45) is 0 Å². The molecule has 0 aliphatic rings. The fourth-order valence-electron chi connectivity index (χ4n) is 2.69. The number of hydrogen-bond donors (Lipinski definition) is 2. The first kappa shape index (κ1) is 22.5. The first-order chi connectivity index (χ1) is 15.2. The van der Waals surface area contributed by atoms with Gasteiger partial charge in [-0.15, -0.1) is 11.8 Å². The van der Waals surface area contributed by atoms with Crippen molar-refractivity contribution < 1.29 is 14.0 Å². The first-order valence-electron chi connectivity index (χ1n) is 9.56. The number of amides is 2. The van der Waals surface area contributed by atoms with Crippen molar-refractivity contribution in [2.45, 2.75) is 10.6 Å². The van der Waals surface area contributed by atoms with Gasteiger partial charge in [-0.05, 0) is 42.5 Å². The van der Waals surface area contributed by atoms with Gasteiger partial charge >= 0.3 is 0 Å². The van der Waals surface area contributed by atoms with E-state index in [-0.39, 0.29) is 17.6 Å². The van der Waals surface area contributed by atoms with Crippen molar-refractivity contribution in [2.75, 3.05) is 23.4 Å². The van der Waals surface area contributed by atoms with E-state index in [1.165, 1.54) is 11.8 Å². The van der Waals surface area contributed by atoms with E-state index in [0.29, 0.717) is 23.4 Å². The molecule has 3 rings (SSSR count). The fourth-order valence-corrected chi connectivity index (χ4v) is 4.29. The third-order valence-electron chi connectivity index (χ3n) is 4.12. The molecule has 0 aliphatic carbocycles. The van der Waals surface area contributed by atoms with Crippen LogP contribution in [-0.2, 0) is 10.5 Å². The van der Waals surface area contributed by atoms with Gasteiger partial charge in [0, 0.05) is 22.9 Å². The van der Waals surface area contributed by atoms with E-state index in [4.69, 9.17) is 9.68 Å². The van der Waals surface area contributed by atoms with Gasteiger partial charge in [-0.1, -0.05) is 18.2 Å². The SMILES string of the molecule is N#Cc1cccc(NC(=O)CSc2ccccc2C(=O)NCCSCc2ccco2)c1. The maximum Gasteiger partial charge on any atom is 0.252 e. The van der Waals surface area contributed by atoms with Crippen LogP contribution >= 0.6 is 23.5 Å². The van der Waals surface area contributed by atoms with Gasteiger partial charge in [0.05, 0.1) is 35.0 Å². The number of anilines is 1. The lowest BCUT2D eigenvalue weighted by atomic mass is 10.2. The molecule has 0 saturated heterocycles. The van der Waals surface area contributed by atoms with Crippen LogP contribution in [0.3, 0.4) is 0 Å². The highest BCUT2D eigenvalue weighted by Crippen LogP contribution is 2.23. The maximum absolute atomic E-state index is 12.6. The molecule has 0 unspecified atom stereocenters. The lowest BCUT2D eigenvalue weighted by Gasteiger charge is -2.10. The van der Waals surface area contributed by atoms with Gasteiger partial charge in [-0.25, -0.2) is 0 Å². The van der Waals surface area contributed by atoms with Gasteiger partial charge in [-0.3, -0.25) is 9.59 Å². The number of carbonyl (C=O) groups excluding carboxylic acids is 2. The topological polar surface area (TPSA) is 95.1 Å². The maximum atomic E-state index is 12.6. The van der Waals surface area contributed by atoms with Crippen LogP contribution in [0.15, 0.2) is 76.2 Å². The Hall–Kier alpha value is -3.15. The largest absolute Gasteiger partial charge is 0.468 e. The van der Waals surface area contributed by atoms with Crippen molar-refractivity contribution in [1.82, 2.24) is 5.32 Å². The molecular formula is C23H21N3O3S2. The van der Waals surface area contributed by atoms with Gasteiger partial charge in [0.1, 0.15) is 5.76 Å². The predicted molar refractivity (Wildman–Crippen MR) is 124 cm³/mol. The fraction of sp³-hybridized carbons (Fsp3) is 0.174. The second-order valence-electron chi connectivity index (χ2n) is 6.41. The van der Waals surface area contributed by atoms with Gasteiger partial charge in [0.15, 0.2) is 0 Å². The molecule has 0 saturated carbocycles. The minimum Gasteiger partial charge on any atom is -0.468 e. The van der Waals surface area contributed by atoms with Crippen molar-refractivity contribution >= 4 is 41.0 Å². The summed E-state index contributed by atoms with van der Waals surface area (Å²) in [6.07, 6.45) is 1.65. The third-order valence-corrected chi connectivity index (χ3v) is 6.18. The van der Waals surface area contributed by atoms with E-state index < -0.39 is 0 Å². The van der Waals surface area contributed by atoms with Gasteiger partial charge in [-0.2, -0.15) is 17.0 Å². The monoisotopic (exact) mass is 451 g/mol. The standard InChI is InChI=1S/C23H21N3O3S2/c24-14-17-5-3-6-18(13-17)26-22(27)16-31-21-9-2-1-8-20(21)23(28)25-10-12-30-15-19-7-4-11-29-19/h1-9,11,13H,10,12,15-16H2,(H,25,28)(H,26,27). The molecule has 8 heteroatoms. The normalized spacial score (nSPS) is 10.3. The average Bonchev–Trinajstić information content (AvgIpc) is 3.31. The van der Waals surface area contributed by atoms with Crippen molar-refractivity contribution in [3.63, 3.8) is 0 Å². The lowest BCUT2D eigenvalue weighted by molar-refractivity contribution is -0.113. The quantitative estimate of drug-likeness (QED) is 0.347. The van der Waals surface area contributed by atoms with Crippen LogP contribution in [0, 0.1) is 11.3 Å². The highest BCUT2D eigenvalue weighted by atomic mass is 32.2. The van der Waals surface area contributed by atoms with Crippen molar-refractivity contribution in [1.29, 1.82) is 5.26 Å². The van der Waals surface area contributed by atoms with Crippen LogP contribution in [-0.4, -0.2) is 29.9 Å². The van der Waals surface area contributed by atoms with Crippen molar-refractivity contribution in [3.8, 4) is 6.07 Å². The Morgan fingerprint density at radius 2 is 1.94 bits per heavy atom. The smallest absolute Gasteiger partial charge is 0.252 e. The Morgan fingerprint density at radius 1 is 1.06 bits per heavy atom. The number of nitrogens with zero attached hydrogens (tertiary/aromatic N) is 1. The molecule has 158 valence electrons. The highest BCUT2D eigenvalue weighted by molar-refractivity contribution is 8.00.